The highest BCUT2D eigenvalue weighted by molar-refractivity contribution is 5.09. The van der Waals surface area contributed by atoms with Crippen LogP contribution in [-0.2, 0) is 4.74 Å². The molecule has 1 aliphatic heterocycles. The molecule has 1 saturated heterocycles. The molecule has 2 fully saturated rings. The highest BCUT2D eigenvalue weighted by Gasteiger charge is 2.53. The lowest BCUT2D eigenvalue weighted by molar-refractivity contribution is 0.0545. The molecule has 12 heavy (non-hydrogen) atoms. The Balaban J connectivity index is 1.80. The Labute approximate surface area is 72.7 Å². The van der Waals surface area contributed by atoms with Gasteiger partial charge in [-0.05, 0) is 24.7 Å². The summed E-state index contributed by atoms with van der Waals surface area (Å²) in [5.41, 5.74) is 0.509. The zero-order valence-electron chi connectivity index (χ0n) is 7.18. The molecule has 0 bridgehead atoms. The quantitative estimate of drug-likeness (QED) is 0.613. The van der Waals surface area contributed by atoms with Crippen molar-refractivity contribution in [2.45, 2.75) is 25.3 Å². The van der Waals surface area contributed by atoms with E-state index in [4.69, 9.17) is 10.00 Å². The molecular weight excluding hydrogens is 152 g/mol. The summed E-state index contributed by atoms with van der Waals surface area (Å²) < 4.78 is 5.31. The first-order valence-corrected chi connectivity index (χ1v) is 4.55. The van der Waals surface area contributed by atoms with Gasteiger partial charge in [-0.1, -0.05) is 0 Å². The van der Waals surface area contributed by atoms with E-state index in [9.17, 15) is 0 Å². The van der Waals surface area contributed by atoms with Crippen LogP contribution in [0.25, 0.3) is 0 Å². The fourth-order valence-electron chi connectivity index (χ4n) is 2.14. The summed E-state index contributed by atoms with van der Waals surface area (Å²) in [7, 11) is 0. The maximum absolute atomic E-state index is 8.39. The van der Waals surface area contributed by atoms with Gasteiger partial charge in [-0.3, -0.25) is 0 Å². The van der Waals surface area contributed by atoms with Crippen molar-refractivity contribution < 1.29 is 4.74 Å². The van der Waals surface area contributed by atoms with Crippen molar-refractivity contribution in [1.82, 2.24) is 5.32 Å². The molecule has 2 aliphatic rings. The summed E-state index contributed by atoms with van der Waals surface area (Å²) in [5.74, 6) is 0. The largest absolute Gasteiger partial charge is 0.381 e. The molecule has 1 heterocycles. The SMILES string of the molecule is N#CCNC1CC12CCOCC2. The van der Waals surface area contributed by atoms with Gasteiger partial charge in [0.15, 0.2) is 0 Å². The molecule has 1 atom stereocenters. The van der Waals surface area contributed by atoms with Crippen molar-refractivity contribution >= 4 is 0 Å². The lowest BCUT2D eigenvalue weighted by Gasteiger charge is -2.22. The van der Waals surface area contributed by atoms with Crippen LogP contribution in [0.2, 0.25) is 0 Å². The summed E-state index contributed by atoms with van der Waals surface area (Å²) in [4.78, 5) is 0. The average Bonchev–Trinajstić information content (AvgIpc) is 2.77. The standard InChI is InChI=1S/C9H14N2O/c10-3-4-11-8-7-9(8)1-5-12-6-2-9/h8,11H,1-2,4-7H2. The van der Waals surface area contributed by atoms with Crippen LogP contribution in [0.4, 0.5) is 0 Å². The van der Waals surface area contributed by atoms with Gasteiger partial charge in [0.05, 0.1) is 12.6 Å². The Hall–Kier alpha value is -0.590. The molecule has 1 saturated carbocycles. The predicted molar refractivity (Wildman–Crippen MR) is 44.5 cm³/mol. The Morgan fingerprint density at radius 1 is 1.50 bits per heavy atom. The first-order chi connectivity index (χ1) is 5.87. The molecule has 3 nitrogen and oxygen atoms in total. The minimum Gasteiger partial charge on any atom is -0.381 e. The summed E-state index contributed by atoms with van der Waals surface area (Å²) in [6.45, 7) is 2.31. The molecule has 2 rings (SSSR count). The van der Waals surface area contributed by atoms with E-state index >= 15 is 0 Å². The number of nitrogens with zero attached hydrogens (tertiary/aromatic N) is 1. The van der Waals surface area contributed by atoms with Gasteiger partial charge >= 0.3 is 0 Å². The minimum atomic E-state index is 0.493. The van der Waals surface area contributed by atoms with E-state index in [-0.39, 0.29) is 0 Å². The van der Waals surface area contributed by atoms with Crippen LogP contribution in [0.3, 0.4) is 0 Å². The lowest BCUT2D eigenvalue weighted by Crippen LogP contribution is -2.27. The first-order valence-electron chi connectivity index (χ1n) is 4.55. The summed E-state index contributed by atoms with van der Waals surface area (Å²) in [6, 6.07) is 2.72. The van der Waals surface area contributed by atoms with E-state index in [1.54, 1.807) is 0 Å². The third kappa shape index (κ3) is 1.33. The highest BCUT2D eigenvalue weighted by atomic mass is 16.5. The van der Waals surface area contributed by atoms with Crippen molar-refractivity contribution in [2.75, 3.05) is 19.8 Å². The third-order valence-electron chi connectivity index (χ3n) is 3.11. The topological polar surface area (TPSA) is 45.0 Å². The molecule has 66 valence electrons. The van der Waals surface area contributed by atoms with Gasteiger partial charge in [0.1, 0.15) is 0 Å². The second kappa shape index (κ2) is 3.04. The molecule has 0 aromatic carbocycles. The first kappa shape index (κ1) is 8.03. The number of ether oxygens (including phenoxy) is 1. The van der Waals surface area contributed by atoms with Gasteiger partial charge < -0.3 is 10.1 Å². The van der Waals surface area contributed by atoms with Crippen molar-refractivity contribution in [3.05, 3.63) is 0 Å². The molecule has 3 heteroatoms. The van der Waals surface area contributed by atoms with E-state index in [2.05, 4.69) is 11.4 Å². The molecule has 1 spiro atoms. The van der Waals surface area contributed by atoms with E-state index in [0.29, 0.717) is 18.0 Å². The second-order valence-corrected chi connectivity index (χ2v) is 3.77. The zero-order chi connectivity index (χ0) is 8.44. The smallest absolute Gasteiger partial charge is 0.0843 e. The van der Waals surface area contributed by atoms with Crippen LogP contribution in [0.1, 0.15) is 19.3 Å². The van der Waals surface area contributed by atoms with E-state index in [1.165, 1.54) is 19.3 Å². The van der Waals surface area contributed by atoms with Crippen molar-refractivity contribution in [3.8, 4) is 6.07 Å². The minimum absolute atomic E-state index is 0.493. The Morgan fingerprint density at radius 3 is 2.92 bits per heavy atom. The summed E-state index contributed by atoms with van der Waals surface area (Å²) >= 11 is 0. The maximum Gasteiger partial charge on any atom is 0.0843 e. The van der Waals surface area contributed by atoms with Gasteiger partial charge in [0.25, 0.3) is 0 Å². The van der Waals surface area contributed by atoms with E-state index in [0.717, 1.165) is 13.2 Å². The highest BCUT2D eigenvalue weighted by Crippen LogP contribution is 2.53. The number of rotatable bonds is 2. The second-order valence-electron chi connectivity index (χ2n) is 3.77. The molecular formula is C9H14N2O. The van der Waals surface area contributed by atoms with Gasteiger partial charge in [0, 0.05) is 19.3 Å². The van der Waals surface area contributed by atoms with Crippen LogP contribution >= 0.6 is 0 Å². The normalized spacial score (nSPS) is 31.4. The average molecular weight is 166 g/mol. The molecule has 0 radical (unpaired) electrons. The molecule has 1 aliphatic carbocycles. The number of hydrogen-bond donors (Lipinski definition) is 1. The van der Waals surface area contributed by atoms with Crippen LogP contribution in [0, 0.1) is 16.7 Å². The van der Waals surface area contributed by atoms with E-state index in [1.807, 2.05) is 0 Å². The van der Waals surface area contributed by atoms with Gasteiger partial charge in [-0.2, -0.15) is 5.26 Å². The molecule has 1 N–H and O–H groups in total. The zero-order valence-corrected chi connectivity index (χ0v) is 7.18. The molecule has 0 amide bonds. The third-order valence-corrected chi connectivity index (χ3v) is 3.11. The molecule has 0 aromatic rings. The number of nitriles is 1. The Kier molecular flexibility index (Phi) is 2.03. The maximum atomic E-state index is 8.39. The molecule has 1 unspecified atom stereocenters. The van der Waals surface area contributed by atoms with Crippen LogP contribution < -0.4 is 5.32 Å². The summed E-state index contributed by atoms with van der Waals surface area (Å²) in [5, 5.41) is 11.6. The molecule has 0 aromatic heterocycles. The van der Waals surface area contributed by atoms with Crippen LogP contribution in [-0.4, -0.2) is 25.8 Å². The Bertz CT molecular complexity index is 203. The van der Waals surface area contributed by atoms with Gasteiger partial charge in [0.2, 0.25) is 0 Å². The Morgan fingerprint density at radius 2 is 2.25 bits per heavy atom. The van der Waals surface area contributed by atoms with Gasteiger partial charge in [-0.15, -0.1) is 0 Å². The van der Waals surface area contributed by atoms with Crippen molar-refractivity contribution in [3.63, 3.8) is 0 Å². The van der Waals surface area contributed by atoms with Crippen LogP contribution in [0.15, 0.2) is 0 Å². The number of nitrogens with one attached hydrogen (secondary N) is 1. The number of hydrogen-bond acceptors (Lipinski definition) is 3. The predicted octanol–water partition coefficient (Wildman–Crippen LogP) is 0.669. The van der Waals surface area contributed by atoms with E-state index < -0.39 is 0 Å². The monoisotopic (exact) mass is 166 g/mol. The van der Waals surface area contributed by atoms with Gasteiger partial charge in [-0.25, -0.2) is 0 Å². The van der Waals surface area contributed by atoms with Crippen LogP contribution in [0.5, 0.6) is 0 Å². The lowest BCUT2D eigenvalue weighted by atomic mass is 9.96. The summed E-state index contributed by atoms with van der Waals surface area (Å²) in [6.07, 6.45) is 3.60. The van der Waals surface area contributed by atoms with Crippen molar-refractivity contribution in [1.29, 1.82) is 5.26 Å². The fraction of sp³-hybridized carbons (Fsp3) is 0.889. The van der Waals surface area contributed by atoms with Crippen molar-refractivity contribution in [2.24, 2.45) is 5.41 Å². The fourth-order valence-corrected chi connectivity index (χ4v) is 2.14.